The lowest BCUT2D eigenvalue weighted by Crippen LogP contribution is -2.17. The highest BCUT2D eigenvalue weighted by atomic mass is 16.5. The Balaban J connectivity index is 2.12. The first kappa shape index (κ1) is 10.7. The number of anilines is 1. The Morgan fingerprint density at radius 3 is 2.12 bits per heavy atom. The number of nitrogens with zero attached hydrogens (tertiary/aromatic N) is 3. The van der Waals surface area contributed by atoms with Crippen molar-refractivity contribution in [1.82, 2.24) is 15.0 Å². The summed E-state index contributed by atoms with van der Waals surface area (Å²) in [5.41, 5.74) is 0. The molecular formula is C10H14N4O2. The maximum Gasteiger partial charge on any atom is 0.324 e. The van der Waals surface area contributed by atoms with E-state index in [9.17, 15) is 0 Å². The smallest absolute Gasteiger partial charge is 0.324 e. The van der Waals surface area contributed by atoms with Gasteiger partial charge in [0.2, 0.25) is 5.95 Å². The van der Waals surface area contributed by atoms with E-state index in [1.807, 2.05) is 0 Å². The first-order chi connectivity index (χ1) is 7.81. The number of ether oxygens (including phenoxy) is 2. The zero-order chi connectivity index (χ0) is 11.4. The predicted octanol–water partition coefficient (Wildman–Crippen LogP) is 1.02. The molecule has 1 aliphatic rings. The fraction of sp³-hybridized carbons (Fsp3) is 0.500. The van der Waals surface area contributed by atoms with Crippen molar-refractivity contribution in [3.63, 3.8) is 0 Å². The molecule has 1 heterocycles. The van der Waals surface area contributed by atoms with Crippen LogP contribution in [-0.2, 0) is 0 Å². The molecule has 6 nitrogen and oxygen atoms in total. The molecule has 0 atom stereocenters. The van der Waals surface area contributed by atoms with Gasteiger partial charge in [-0.25, -0.2) is 0 Å². The molecule has 16 heavy (non-hydrogen) atoms. The van der Waals surface area contributed by atoms with E-state index in [1.54, 1.807) is 0 Å². The van der Waals surface area contributed by atoms with Gasteiger partial charge in [0.1, 0.15) is 0 Å². The number of aromatic nitrogens is 3. The molecule has 6 heteroatoms. The number of methoxy groups -OCH3 is 2. The minimum atomic E-state index is 0.250. The molecule has 0 aliphatic heterocycles. The van der Waals surface area contributed by atoms with E-state index in [0.717, 1.165) is 12.8 Å². The van der Waals surface area contributed by atoms with Crippen molar-refractivity contribution in [2.24, 2.45) is 0 Å². The van der Waals surface area contributed by atoms with Gasteiger partial charge in [0.05, 0.1) is 14.2 Å². The number of nitrogens with one attached hydrogen (secondary N) is 1. The van der Waals surface area contributed by atoms with Gasteiger partial charge >= 0.3 is 12.0 Å². The van der Waals surface area contributed by atoms with Gasteiger partial charge in [-0.15, -0.1) is 4.98 Å². The predicted molar refractivity (Wildman–Crippen MR) is 58.7 cm³/mol. The summed E-state index contributed by atoms with van der Waals surface area (Å²) in [6.07, 6.45) is 6.23. The van der Waals surface area contributed by atoms with Crippen LogP contribution >= 0.6 is 0 Å². The first-order valence-corrected chi connectivity index (χ1v) is 5.07. The molecule has 2 rings (SSSR count). The molecule has 0 saturated carbocycles. The molecule has 0 fully saturated rings. The zero-order valence-corrected chi connectivity index (χ0v) is 9.30. The standard InChI is InChI=1S/C10H14N4O2/c1-15-9-12-8(13-10(14-9)16-2)11-7-5-3-4-6-7/h3-4,7H,5-6H2,1-2H3,(H,11,12,13,14). The van der Waals surface area contributed by atoms with Gasteiger partial charge in [-0.3, -0.25) is 0 Å². The molecule has 0 radical (unpaired) electrons. The molecule has 1 N–H and O–H groups in total. The summed E-state index contributed by atoms with van der Waals surface area (Å²) in [6.45, 7) is 0. The van der Waals surface area contributed by atoms with E-state index in [-0.39, 0.29) is 12.0 Å². The van der Waals surface area contributed by atoms with E-state index >= 15 is 0 Å². The second-order valence-corrected chi connectivity index (χ2v) is 3.42. The average molecular weight is 222 g/mol. The van der Waals surface area contributed by atoms with E-state index in [4.69, 9.17) is 9.47 Å². The van der Waals surface area contributed by atoms with Gasteiger partial charge in [0, 0.05) is 6.04 Å². The van der Waals surface area contributed by atoms with Crippen LogP contribution in [0.25, 0.3) is 0 Å². The van der Waals surface area contributed by atoms with Gasteiger partial charge in [-0.1, -0.05) is 12.2 Å². The fourth-order valence-electron chi connectivity index (χ4n) is 1.50. The summed E-state index contributed by atoms with van der Waals surface area (Å²) in [5.74, 6) is 0.484. The summed E-state index contributed by atoms with van der Waals surface area (Å²) >= 11 is 0. The highest BCUT2D eigenvalue weighted by Crippen LogP contribution is 2.17. The van der Waals surface area contributed by atoms with Gasteiger partial charge in [0.25, 0.3) is 0 Å². The second kappa shape index (κ2) is 4.78. The fourth-order valence-corrected chi connectivity index (χ4v) is 1.50. The Kier molecular flexibility index (Phi) is 3.19. The summed E-state index contributed by atoms with van der Waals surface area (Å²) < 4.78 is 9.93. The Morgan fingerprint density at radius 2 is 1.62 bits per heavy atom. The minimum Gasteiger partial charge on any atom is -0.467 e. The van der Waals surface area contributed by atoms with E-state index in [0.29, 0.717) is 12.0 Å². The Bertz CT molecular complexity index is 364. The molecule has 1 aromatic rings. The summed E-state index contributed by atoms with van der Waals surface area (Å²) in [5, 5.41) is 3.21. The Labute approximate surface area is 93.7 Å². The van der Waals surface area contributed by atoms with E-state index in [1.165, 1.54) is 14.2 Å². The summed E-state index contributed by atoms with van der Waals surface area (Å²) in [7, 11) is 3.02. The van der Waals surface area contributed by atoms with Crippen molar-refractivity contribution < 1.29 is 9.47 Å². The molecule has 1 aliphatic carbocycles. The van der Waals surface area contributed by atoms with Crippen molar-refractivity contribution in [3.05, 3.63) is 12.2 Å². The highest BCUT2D eigenvalue weighted by Gasteiger charge is 2.13. The third-order valence-corrected chi connectivity index (χ3v) is 2.30. The lowest BCUT2D eigenvalue weighted by Gasteiger charge is -2.12. The number of hydrogen-bond acceptors (Lipinski definition) is 6. The van der Waals surface area contributed by atoms with Crippen LogP contribution in [0.4, 0.5) is 5.95 Å². The van der Waals surface area contributed by atoms with Crippen LogP contribution in [-0.4, -0.2) is 35.2 Å². The molecule has 0 bridgehead atoms. The third kappa shape index (κ3) is 2.39. The quantitative estimate of drug-likeness (QED) is 0.767. The number of rotatable bonds is 4. The van der Waals surface area contributed by atoms with E-state index in [2.05, 4.69) is 32.4 Å². The minimum absolute atomic E-state index is 0.250. The SMILES string of the molecule is COc1nc(NC2CC=CC2)nc(OC)n1. The topological polar surface area (TPSA) is 69.2 Å². The molecule has 0 spiro atoms. The van der Waals surface area contributed by atoms with Crippen molar-refractivity contribution >= 4 is 5.95 Å². The molecule has 0 unspecified atom stereocenters. The summed E-state index contributed by atoms with van der Waals surface area (Å²) in [4.78, 5) is 12.1. The van der Waals surface area contributed by atoms with Crippen LogP contribution in [0.1, 0.15) is 12.8 Å². The second-order valence-electron chi connectivity index (χ2n) is 3.42. The van der Waals surface area contributed by atoms with Crippen molar-refractivity contribution in [2.75, 3.05) is 19.5 Å². The van der Waals surface area contributed by atoms with E-state index < -0.39 is 0 Å². The molecule has 0 saturated heterocycles. The van der Waals surface area contributed by atoms with Crippen molar-refractivity contribution in [2.45, 2.75) is 18.9 Å². The van der Waals surface area contributed by atoms with Crippen molar-refractivity contribution in [3.8, 4) is 12.0 Å². The monoisotopic (exact) mass is 222 g/mol. The Hall–Kier alpha value is -1.85. The van der Waals surface area contributed by atoms with Crippen LogP contribution in [0, 0.1) is 0 Å². The van der Waals surface area contributed by atoms with Crippen LogP contribution in [0.15, 0.2) is 12.2 Å². The largest absolute Gasteiger partial charge is 0.467 e. The molecular weight excluding hydrogens is 208 g/mol. The first-order valence-electron chi connectivity index (χ1n) is 5.07. The highest BCUT2D eigenvalue weighted by molar-refractivity contribution is 5.30. The van der Waals surface area contributed by atoms with Crippen molar-refractivity contribution in [1.29, 1.82) is 0 Å². The molecule has 0 aromatic carbocycles. The summed E-state index contributed by atoms with van der Waals surface area (Å²) in [6, 6.07) is 0.845. The maximum absolute atomic E-state index is 4.96. The molecule has 1 aromatic heterocycles. The maximum atomic E-state index is 4.96. The Morgan fingerprint density at radius 1 is 1.06 bits per heavy atom. The van der Waals surface area contributed by atoms with Gasteiger partial charge in [-0.2, -0.15) is 9.97 Å². The molecule has 86 valence electrons. The van der Waals surface area contributed by atoms with Crippen LogP contribution in [0.2, 0.25) is 0 Å². The lowest BCUT2D eigenvalue weighted by molar-refractivity contribution is 0.341. The lowest BCUT2D eigenvalue weighted by atomic mass is 10.2. The van der Waals surface area contributed by atoms with Crippen LogP contribution in [0.5, 0.6) is 12.0 Å². The van der Waals surface area contributed by atoms with Gasteiger partial charge < -0.3 is 14.8 Å². The van der Waals surface area contributed by atoms with Gasteiger partial charge in [0.15, 0.2) is 0 Å². The van der Waals surface area contributed by atoms with Crippen LogP contribution in [0.3, 0.4) is 0 Å². The third-order valence-electron chi connectivity index (χ3n) is 2.30. The van der Waals surface area contributed by atoms with Gasteiger partial charge in [-0.05, 0) is 12.8 Å². The molecule has 0 amide bonds. The normalized spacial score (nSPS) is 15.1. The van der Waals surface area contributed by atoms with Crippen LogP contribution < -0.4 is 14.8 Å². The average Bonchev–Trinajstić information content (AvgIpc) is 2.81. The zero-order valence-electron chi connectivity index (χ0n) is 9.30. The number of hydrogen-bond donors (Lipinski definition) is 1.